The van der Waals surface area contributed by atoms with E-state index in [4.69, 9.17) is 5.73 Å². The summed E-state index contributed by atoms with van der Waals surface area (Å²) in [6.07, 6.45) is 0. The maximum Gasteiger partial charge on any atom is 0.337 e. The van der Waals surface area contributed by atoms with Gasteiger partial charge in [-0.25, -0.2) is 9.78 Å². The van der Waals surface area contributed by atoms with E-state index in [9.17, 15) is 9.59 Å². The van der Waals surface area contributed by atoms with E-state index >= 15 is 0 Å². The summed E-state index contributed by atoms with van der Waals surface area (Å²) in [5.74, 6) is -0.566. The van der Waals surface area contributed by atoms with Crippen LogP contribution >= 0.6 is 11.3 Å². The third-order valence-corrected chi connectivity index (χ3v) is 4.34. The van der Waals surface area contributed by atoms with Gasteiger partial charge in [0, 0.05) is 12.1 Å². The number of fused-ring (bicyclic) bond motifs is 1. The number of thiazole rings is 1. The minimum atomic E-state index is -0.386. The third kappa shape index (κ3) is 3.36. The lowest BCUT2D eigenvalue weighted by Crippen LogP contribution is -2.22. The van der Waals surface area contributed by atoms with Crippen molar-refractivity contribution in [3.63, 3.8) is 0 Å². The van der Waals surface area contributed by atoms with Gasteiger partial charge in [0.2, 0.25) is 0 Å². The molecule has 0 unspecified atom stereocenters. The fraction of sp³-hybridized carbons (Fsp3) is 0.118. The molecule has 1 amide bonds. The monoisotopic (exact) mass is 341 g/mol. The molecule has 0 aliphatic heterocycles. The van der Waals surface area contributed by atoms with Crippen molar-refractivity contribution < 1.29 is 14.3 Å². The van der Waals surface area contributed by atoms with Crippen LogP contribution in [0.3, 0.4) is 0 Å². The minimum absolute atomic E-state index is 0.180. The maximum atomic E-state index is 12.3. The van der Waals surface area contributed by atoms with Gasteiger partial charge in [-0.15, -0.1) is 0 Å². The Morgan fingerprint density at radius 1 is 1.17 bits per heavy atom. The lowest BCUT2D eigenvalue weighted by Gasteiger charge is -2.06. The Kier molecular flexibility index (Phi) is 4.43. The highest BCUT2D eigenvalue weighted by Gasteiger charge is 2.09. The number of nitrogens with one attached hydrogen (secondary N) is 1. The molecular formula is C17H15N3O3S. The summed E-state index contributed by atoms with van der Waals surface area (Å²) in [6.45, 7) is 0.364. The quantitative estimate of drug-likeness (QED) is 0.711. The Morgan fingerprint density at radius 3 is 2.58 bits per heavy atom. The van der Waals surface area contributed by atoms with Gasteiger partial charge in [0.15, 0.2) is 5.13 Å². The Balaban J connectivity index is 1.66. The van der Waals surface area contributed by atoms with E-state index in [1.54, 1.807) is 42.5 Å². The van der Waals surface area contributed by atoms with Crippen LogP contribution in [0, 0.1) is 0 Å². The average Bonchev–Trinajstić information content (AvgIpc) is 2.98. The van der Waals surface area contributed by atoms with Crippen LogP contribution in [0.1, 0.15) is 26.3 Å². The maximum absolute atomic E-state index is 12.3. The molecule has 1 heterocycles. The van der Waals surface area contributed by atoms with E-state index in [1.807, 2.05) is 0 Å². The summed E-state index contributed by atoms with van der Waals surface area (Å²) in [5.41, 5.74) is 8.37. The molecule has 7 heteroatoms. The molecule has 122 valence electrons. The Hall–Kier alpha value is -2.93. The van der Waals surface area contributed by atoms with E-state index in [-0.39, 0.29) is 11.9 Å². The first-order valence-electron chi connectivity index (χ1n) is 7.18. The topological polar surface area (TPSA) is 94.3 Å². The second-order valence-corrected chi connectivity index (χ2v) is 6.17. The van der Waals surface area contributed by atoms with Crippen molar-refractivity contribution in [1.29, 1.82) is 0 Å². The number of carbonyl (C=O) groups is 2. The number of hydrogen-bond acceptors (Lipinski definition) is 6. The largest absolute Gasteiger partial charge is 0.465 e. The highest BCUT2D eigenvalue weighted by atomic mass is 32.1. The van der Waals surface area contributed by atoms with Gasteiger partial charge in [0.05, 0.1) is 22.9 Å². The molecule has 0 bridgehead atoms. The number of esters is 1. The van der Waals surface area contributed by atoms with Crippen molar-refractivity contribution in [3.05, 3.63) is 59.2 Å². The van der Waals surface area contributed by atoms with Crippen LogP contribution < -0.4 is 11.1 Å². The van der Waals surface area contributed by atoms with Crippen LogP contribution in [0.2, 0.25) is 0 Å². The summed E-state index contributed by atoms with van der Waals surface area (Å²) in [5, 5.41) is 3.33. The number of methoxy groups -OCH3 is 1. The normalized spacial score (nSPS) is 10.5. The number of nitrogen functional groups attached to an aromatic ring is 1. The zero-order chi connectivity index (χ0) is 17.1. The molecule has 6 nitrogen and oxygen atoms in total. The fourth-order valence-corrected chi connectivity index (χ4v) is 3.02. The molecule has 0 atom stereocenters. The first-order chi connectivity index (χ1) is 11.6. The molecule has 3 N–H and O–H groups in total. The van der Waals surface area contributed by atoms with Crippen molar-refractivity contribution in [2.24, 2.45) is 0 Å². The summed E-state index contributed by atoms with van der Waals surface area (Å²) in [6, 6.07) is 12.2. The van der Waals surface area contributed by atoms with E-state index in [0.29, 0.717) is 22.8 Å². The van der Waals surface area contributed by atoms with Crippen LogP contribution in [-0.2, 0) is 11.3 Å². The number of rotatable bonds is 4. The molecular weight excluding hydrogens is 326 g/mol. The minimum Gasteiger partial charge on any atom is -0.465 e. The number of amides is 1. The molecule has 0 saturated heterocycles. The number of nitrogens with two attached hydrogens (primary N) is 1. The van der Waals surface area contributed by atoms with Gasteiger partial charge in [0.1, 0.15) is 0 Å². The molecule has 0 spiro atoms. The third-order valence-electron chi connectivity index (χ3n) is 3.50. The Labute approximate surface area is 142 Å². The van der Waals surface area contributed by atoms with Crippen molar-refractivity contribution >= 4 is 38.6 Å². The molecule has 24 heavy (non-hydrogen) atoms. The molecule has 0 aliphatic carbocycles. The Bertz CT molecular complexity index is 903. The predicted octanol–water partition coefficient (Wildman–Crippen LogP) is 2.60. The fourth-order valence-electron chi connectivity index (χ4n) is 2.24. The second-order valence-electron chi connectivity index (χ2n) is 5.11. The average molecular weight is 341 g/mol. The molecule has 2 aromatic carbocycles. The lowest BCUT2D eigenvalue weighted by molar-refractivity contribution is 0.0600. The van der Waals surface area contributed by atoms with E-state index in [0.717, 1.165) is 15.8 Å². The molecule has 0 fully saturated rings. The number of aromatic nitrogens is 1. The van der Waals surface area contributed by atoms with E-state index in [2.05, 4.69) is 15.0 Å². The highest BCUT2D eigenvalue weighted by Crippen LogP contribution is 2.24. The number of nitrogens with zero attached hydrogens (tertiary/aromatic N) is 1. The molecule has 1 aromatic heterocycles. The van der Waals surface area contributed by atoms with E-state index < -0.39 is 0 Å². The highest BCUT2D eigenvalue weighted by molar-refractivity contribution is 7.22. The smallest absolute Gasteiger partial charge is 0.337 e. The van der Waals surface area contributed by atoms with Crippen LogP contribution in [-0.4, -0.2) is 24.0 Å². The van der Waals surface area contributed by atoms with Crippen LogP contribution in [0.4, 0.5) is 5.13 Å². The number of benzene rings is 2. The van der Waals surface area contributed by atoms with Crippen LogP contribution in [0.5, 0.6) is 0 Å². The molecule has 0 saturated carbocycles. The van der Waals surface area contributed by atoms with Gasteiger partial charge >= 0.3 is 5.97 Å². The van der Waals surface area contributed by atoms with Gasteiger partial charge < -0.3 is 15.8 Å². The zero-order valence-electron chi connectivity index (χ0n) is 12.9. The Morgan fingerprint density at radius 2 is 1.88 bits per heavy atom. The number of anilines is 1. The van der Waals surface area contributed by atoms with Gasteiger partial charge in [-0.1, -0.05) is 23.5 Å². The first-order valence-corrected chi connectivity index (χ1v) is 8.00. The van der Waals surface area contributed by atoms with Gasteiger partial charge in [-0.3, -0.25) is 4.79 Å². The number of ether oxygens (including phenoxy) is 1. The molecule has 0 aliphatic rings. The standard InChI is InChI=1S/C17H15N3O3S/c1-23-16(22)11-4-2-10(3-5-11)9-19-15(21)12-6-7-13-14(8-12)24-17(18)20-13/h2-8H,9H2,1H3,(H2,18,20)(H,19,21). The number of hydrogen-bond donors (Lipinski definition) is 2. The summed E-state index contributed by atoms with van der Waals surface area (Å²) in [7, 11) is 1.34. The van der Waals surface area contributed by atoms with Crippen LogP contribution in [0.15, 0.2) is 42.5 Å². The van der Waals surface area contributed by atoms with Gasteiger partial charge in [-0.05, 0) is 35.9 Å². The van der Waals surface area contributed by atoms with Gasteiger partial charge in [-0.2, -0.15) is 0 Å². The lowest BCUT2D eigenvalue weighted by atomic mass is 10.1. The van der Waals surface area contributed by atoms with Crippen molar-refractivity contribution in [1.82, 2.24) is 10.3 Å². The first kappa shape index (κ1) is 15.9. The number of carbonyl (C=O) groups excluding carboxylic acids is 2. The van der Waals surface area contributed by atoms with Crippen molar-refractivity contribution in [2.45, 2.75) is 6.54 Å². The summed E-state index contributed by atoms with van der Waals surface area (Å²) < 4.78 is 5.52. The van der Waals surface area contributed by atoms with E-state index in [1.165, 1.54) is 18.4 Å². The van der Waals surface area contributed by atoms with Gasteiger partial charge in [0.25, 0.3) is 5.91 Å². The zero-order valence-corrected chi connectivity index (χ0v) is 13.7. The summed E-state index contributed by atoms with van der Waals surface area (Å²) in [4.78, 5) is 27.8. The molecule has 3 rings (SSSR count). The molecule has 3 aromatic rings. The molecule has 0 radical (unpaired) electrons. The second kappa shape index (κ2) is 6.67. The van der Waals surface area contributed by atoms with Crippen molar-refractivity contribution in [2.75, 3.05) is 12.8 Å². The predicted molar refractivity (Wildman–Crippen MR) is 93.0 cm³/mol. The van der Waals surface area contributed by atoms with Crippen LogP contribution in [0.25, 0.3) is 10.2 Å². The summed E-state index contributed by atoms with van der Waals surface area (Å²) >= 11 is 1.35. The van der Waals surface area contributed by atoms with Crippen molar-refractivity contribution in [3.8, 4) is 0 Å². The SMILES string of the molecule is COC(=O)c1ccc(CNC(=O)c2ccc3nc(N)sc3c2)cc1.